The molecular formula is C11H15N3O2. The number of aryl methyl sites for hydroxylation is 1. The maximum absolute atomic E-state index is 12.0. The molecule has 0 saturated heterocycles. The molecule has 0 fully saturated rings. The molecule has 0 aromatic carbocycles. The molecule has 2 rings (SSSR count). The number of ketones is 1. The summed E-state index contributed by atoms with van der Waals surface area (Å²) in [6, 6.07) is -0.682. The van der Waals surface area contributed by atoms with Crippen LogP contribution in [-0.2, 0) is 16.6 Å². The van der Waals surface area contributed by atoms with E-state index in [-0.39, 0.29) is 5.78 Å². The lowest BCUT2D eigenvalue weighted by atomic mass is 10.0. The normalized spacial score (nSPS) is 17.5. The molecule has 2 N–H and O–H groups in total. The fraction of sp³-hybridized carbons (Fsp3) is 0.455. The van der Waals surface area contributed by atoms with Gasteiger partial charge in [-0.05, 0) is 18.9 Å². The number of nitrogens with zero attached hydrogens (tertiary/aromatic N) is 2. The molecule has 0 amide bonds. The first-order valence-corrected chi connectivity index (χ1v) is 5.30. The molecule has 1 aliphatic rings. The molecule has 16 heavy (non-hydrogen) atoms. The fourth-order valence-electron chi connectivity index (χ4n) is 1.63. The average molecular weight is 221 g/mol. The molecule has 1 atom stereocenters. The lowest BCUT2D eigenvalue weighted by molar-refractivity contribution is -0.120. The first-order valence-electron chi connectivity index (χ1n) is 5.30. The summed E-state index contributed by atoms with van der Waals surface area (Å²) < 4.78 is 6.92. The Balaban J connectivity index is 2.12. The lowest BCUT2D eigenvalue weighted by Gasteiger charge is -2.16. The predicted molar refractivity (Wildman–Crippen MR) is 58.4 cm³/mol. The van der Waals surface area contributed by atoms with Crippen molar-refractivity contribution in [1.82, 2.24) is 9.78 Å². The summed E-state index contributed by atoms with van der Waals surface area (Å²) in [5.74, 6) is 0.218. The number of nitrogens with two attached hydrogens (primary N) is 1. The van der Waals surface area contributed by atoms with Crippen LogP contribution in [0, 0.1) is 0 Å². The molecule has 2 heterocycles. The molecular weight excluding hydrogens is 206 g/mol. The summed E-state index contributed by atoms with van der Waals surface area (Å²) in [4.78, 5) is 12.0. The van der Waals surface area contributed by atoms with Crippen molar-refractivity contribution in [2.24, 2.45) is 12.8 Å². The highest BCUT2D eigenvalue weighted by molar-refractivity contribution is 5.98. The Kier molecular flexibility index (Phi) is 3.05. The molecule has 0 aliphatic carbocycles. The van der Waals surface area contributed by atoms with Crippen molar-refractivity contribution in [3.8, 4) is 0 Å². The minimum atomic E-state index is -0.682. The average Bonchev–Trinajstić information content (AvgIpc) is 2.75. The maximum Gasteiger partial charge on any atom is 0.218 e. The number of aromatic nitrogens is 2. The van der Waals surface area contributed by atoms with E-state index in [1.54, 1.807) is 24.1 Å². The second kappa shape index (κ2) is 4.49. The molecule has 1 aromatic rings. The van der Waals surface area contributed by atoms with E-state index in [0.717, 1.165) is 12.8 Å². The highest BCUT2D eigenvalue weighted by Crippen LogP contribution is 2.18. The first-order chi connectivity index (χ1) is 7.68. The van der Waals surface area contributed by atoms with E-state index in [1.807, 2.05) is 6.08 Å². The Morgan fingerprint density at radius 1 is 1.69 bits per heavy atom. The van der Waals surface area contributed by atoms with Gasteiger partial charge < -0.3 is 10.5 Å². The van der Waals surface area contributed by atoms with Crippen LogP contribution >= 0.6 is 0 Å². The SMILES string of the molecule is Cn1cc(C(N)C(=O)C2=CCCCO2)cn1. The number of carbonyl (C=O) groups is 1. The summed E-state index contributed by atoms with van der Waals surface area (Å²) in [5.41, 5.74) is 6.57. The van der Waals surface area contributed by atoms with Crippen molar-refractivity contribution in [3.63, 3.8) is 0 Å². The van der Waals surface area contributed by atoms with Crippen molar-refractivity contribution in [2.45, 2.75) is 18.9 Å². The third-order valence-electron chi connectivity index (χ3n) is 2.55. The molecule has 86 valence electrons. The van der Waals surface area contributed by atoms with Gasteiger partial charge in [-0.25, -0.2) is 0 Å². The fourth-order valence-corrected chi connectivity index (χ4v) is 1.63. The zero-order valence-corrected chi connectivity index (χ0v) is 9.22. The zero-order chi connectivity index (χ0) is 11.5. The Morgan fingerprint density at radius 3 is 3.06 bits per heavy atom. The van der Waals surface area contributed by atoms with Crippen LogP contribution in [0.3, 0.4) is 0 Å². The summed E-state index contributed by atoms with van der Waals surface area (Å²) in [5, 5.41) is 3.99. The van der Waals surface area contributed by atoms with Gasteiger partial charge in [-0.15, -0.1) is 0 Å². The molecule has 5 heteroatoms. The number of hydrogen-bond donors (Lipinski definition) is 1. The Bertz CT molecular complexity index is 423. The van der Waals surface area contributed by atoms with Crippen molar-refractivity contribution in [1.29, 1.82) is 0 Å². The molecule has 1 aliphatic heterocycles. The number of carbonyl (C=O) groups excluding carboxylic acids is 1. The largest absolute Gasteiger partial charge is 0.490 e. The van der Waals surface area contributed by atoms with Gasteiger partial charge in [-0.2, -0.15) is 5.10 Å². The second-order valence-electron chi connectivity index (χ2n) is 3.85. The van der Waals surface area contributed by atoms with Gasteiger partial charge in [0.1, 0.15) is 6.04 Å². The Morgan fingerprint density at radius 2 is 2.50 bits per heavy atom. The summed E-state index contributed by atoms with van der Waals surface area (Å²) >= 11 is 0. The van der Waals surface area contributed by atoms with Gasteiger partial charge in [0.15, 0.2) is 5.76 Å². The molecule has 1 unspecified atom stereocenters. The Hall–Kier alpha value is -1.62. The van der Waals surface area contributed by atoms with E-state index >= 15 is 0 Å². The number of hydrogen-bond acceptors (Lipinski definition) is 4. The predicted octanol–water partition coefficient (Wildman–Crippen LogP) is 0.683. The van der Waals surface area contributed by atoms with Gasteiger partial charge in [0.25, 0.3) is 0 Å². The quantitative estimate of drug-likeness (QED) is 0.815. The van der Waals surface area contributed by atoms with Crippen LogP contribution in [0.2, 0.25) is 0 Å². The summed E-state index contributed by atoms with van der Waals surface area (Å²) in [7, 11) is 1.79. The van der Waals surface area contributed by atoms with Gasteiger partial charge in [0.05, 0.1) is 12.8 Å². The van der Waals surface area contributed by atoms with E-state index in [4.69, 9.17) is 10.5 Å². The minimum Gasteiger partial charge on any atom is -0.490 e. The molecule has 0 bridgehead atoms. The highest BCUT2D eigenvalue weighted by atomic mass is 16.5. The number of rotatable bonds is 3. The number of allylic oxidation sites excluding steroid dienone is 1. The van der Waals surface area contributed by atoms with Gasteiger partial charge in [-0.3, -0.25) is 9.48 Å². The van der Waals surface area contributed by atoms with Crippen molar-refractivity contribution in [2.75, 3.05) is 6.61 Å². The van der Waals surface area contributed by atoms with Crippen LogP contribution in [0.5, 0.6) is 0 Å². The summed E-state index contributed by atoms with van der Waals surface area (Å²) in [6.07, 6.45) is 6.99. The van der Waals surface area contributed by atoms with Gasteiger partial charge in [0.2, 0.25) is 5.78 Å². The van der Waals surface area contributed by atoms with Crippen LogP contribution in [0.15, 0.2) is 24.2 Å². The van der Waals surface area contributed by atoms with E-state index in [2.05, 4.69) is 5.10 Å². The van der Waals surface area contributed by atoms with E-state index in [9.17, 15) is 4.79 Å². The van der Waals surface area contributed by atoms with Gasteiger partial charge >= 0.3 is 0 Å². The highest BCUT2D eigenvalue weighted by Gasteiger charge is 2.23. The second-order valence-corrected chi connectivity index (χ2v) is 3.85. The van der Waals surface area contributed by atoms with E-state index in [1.165, 1.54) is 0 Å². The minimum absolute atomic E-state index is 0.173. The van der Waals surface area contributed by atoms with Crippen molar-refractivity contribution >= 4 is 5.78 Å². The van der Waals surface area contributed by atoms with Crippen LogP contribution in [0.25, 0.3) is 0 Å². The van der Waals surface area contributed by atoms with Gasteiger partial charge in [0, 0.05) is 18.8 Å². The maximum atomic E-state index is 12.0. The van der Waals surface area contributed by atoms with Crippen molar-refractivity contribution < 1.29 is 9.53 Å². The molecule has 0 saturated carbocycles. The Labute approximate surface area is 93.9 Å². The van der Waals surface area contributed by atoms with Crippen LogP contribution in [0.4, 0.5) is 0 Å². The van der Waals surface area contributed by atoms with E-state index in [0.29, 0.717) is 17.9 Å². The smallest absolute Gasteiger partial charge is 0.218 e. The van der Waals surface area contributed by atoms with Crippen LogP contribution in [-0.4, -0.2) is 22.2 Å². The molecule has 0 spiro atoms. The lowest BCUT2D eigenvalue weighted by Crippen LogP contribution is -2.25. The third kappa shape index (κ3) is 2.14. The number of ether oxygens (including phenoxy) is 1. The number of Topliss-reactive ketones (excluding diaryl/α,β-unsaturated/α-hetero) is 1. The molecule has 0 radical (unpaired) electrons. The monoisotopic (exact) mass is 221 g/mol. The van der Waals surface area contributed by atoms with Crippen LogP contribution < -0.4 is 5.73 Å². The zero-order valence-electron chi connectivity index (χ0n) is 9.22. The molecule has 5 nitrogen and oxygen atoms in total. The van der Waals surface area contributed by atoms with Crippen molar-refractivity contribution in [3.05, 3.63) is 29.8 Å². The standard InChI is InChI=1S/C11H15N3O2/c1-14-7-8(6-13-14)10(12)11(15)9-4-2-3-5-16-9/h4,6-7,10H,2-3,5,12H2,1H3. The first kappa shape index (κ1) is 10.9. The summed E-state index contributed by atoms with van der Waals surface area (Å²) in [6.45, 7) is 0.595. The third-order valence-corrected chi connectivity index (χ3v) is 2.55. The van der Waals surface area contributed by atoms with Crippen LogP contribution in [0.1, 0.15) is 24.4 Å². The molecule has 1 aromatic heterocycles. The van der Waals surface area contributed by atoms with E-state index < -0.39 is 6.04 Å². The van der Waals surface area contributed by atoms with Gasteiger partial charge in [-0.1, -0.05) is 0 Å². The topological polar surface area (TPSA) is 70.1 Å².